The molecule has 3 aromatic rings. The van der Waals surface area contributed by atoms with Crippen molar-refractivity contribution in [2.45, 2.75) is 18.5 Å². The van der Waals surface area contributed by atoms with Crippen LogP contribution >= 0.6 is 0 Å². The lowest BCUT2D eigenvalue weighted by Crippen LogP contribution is -2.48. The van der Waals surface area contributed by atoms with Gasteiger partial charge in [0.15, 0.2) is 0 Å². The number of rotatable bonds is 3. The van der Waals surface area contributed by atoms with Gasteiger partial charge in [0.2, 0.25) is 0 Å². The average molecular weight is 418 g/mol. The monoisotopic (exact) mass is 418 g/mol. The molecule has 1 N–H and O–H groups in total. The zero-order valence-electron chi connectivity index (χ0n) is 17.1. The summed E-state index contributed by atoms with van der Waals surface area (Å²) < 4.78 is 13.8. The standard InChI is InChI=1S/C24H23FN4O2/c1-28-21-6-5-16(15-3-2-4-17(25)11-15)12-19(21)23-18(22(28)14-30)7-10-29(23)24(31)20-13-26-8-9-27-20/h2-6,8-9,11-13,18,22-23,30H,7,10,14H2,1H3/t18-,22+,23-/m1/s1. The van der Waals surface area contributed by atoms with E-state index in [9.17, 15) is 14.3 Å². The van der Waals surface area contributed by atoms with Crippen molar-refractivity contribution in [1.29, 1.82) is 0 Å². The molecule has 158 valence electrons. The predicted octanol–water partition coefficient (Wildman–Crippen LogP) is 3.30. The number of aromatic nitrogens is 2. The molecule has 0 aliphatic carbocycles. The third-order valence-electron chi connectivity index (χ3n) is 6.55. The number of nitrogens with zero attached hydrogens (tertiary/aromatic N) is 4. The molecule has 2 aliphatic rings. The second-order valence-electron chi connectivity index (χ2n) is 8.13. The summed E-state index contributed by atoms with van der Waals surface area (Å²) in [5, 5.41) is 10.1. The number of benzene rings is 2. The number of halogens is 1. The van der Waals surface area contributed by atoms with Crippen LogP contribution in [0.2, 0.25) is 0 Å². The van der Waals surface area contributed by atoms with Gasteiger partial charge in [-0.15, -0.1) is 0 Å². The summed E-state index contributed by atoms with van der Waals surface area (Å²) in [4.78, 5) is 25.5. The predicted molar refractivity (Wildman–Crippen MR) is 115 cm³/mol. The summed E-state index contributed by atoms with van der Waals surface area (Å²) in [6.45, 7) is 0.592. The maximum absolute atomic E-state index is 13.8. The lowest BCUT2D eigenvalue weighted by atomic mass is 9.81. The van der Waals surface area contributed by atoms with Crippen LogP contribution in [0.5, 0.6) is 0 Å². The molecule has 0 bridgehead atoms. The Labute approximate surface area is 180 Å². The number of carbonyl (C=O) groups excluding carboxylic acids is 1. The van der Waals surface area contributed by atoms with Crippen LogP contribution in [-0.4, -0.2) is 52.1 Å². The lowest BCUT2D eigenvalue weighted by Gasteiger charge is -2.44. The van der Waals surface area contributed by atoms with Crippen molar-refractivity contribution in [3.05, 3.63) is 78.1 Å². The second kappa shape index (κ2) is 7.74. The minimum absolute atomic E-state index is 0.00985. The summed E-state index contributed by atoms with van der Waals surface area (Å²) in [6.07, 6.45) is 5.33. The Morgan fingerprint density at radius 1 is 1.19 bits per heavy atom. The van der Waals surface area contributed by atoms with Gasteiger partial charge in [0.25, 0.3) is 5.91 Å². The number of aliphatic hydroxyl groups is 1. The topological polar surface area (TPSA) is 69.6 Å². The van der Waals surface area contributed by atoms with E-state index in [-0.39, 0.29) is 36.3 Å². The first kappa shape index (κ1) is 19.6. The summed E-state index contributed by atoms with van der Waals surface area (Å²) in [7, 11) is 1.98. The highest BCUT2D eigenvalue weighted by Crippen LogP contribution is 2.49. The SMILES string of the molecule is CN1c2ccc(-c3cccc(F)c3)cc2[C@H]2[C@H](CCN2C(=O)c2cnccn2)[C@@H]1CO. The Kier molecular flexibility index (Phi) is 4.90. The third-order valence-corrected chi connectivity index (χ3v) is 6.55. The van der Waals surface area contributed by atoms with E-state index in [1.54, 1.807) is 12.3 Å². The molecule has 2 aliphatic heterocycles. The molecule has 2 aromatic carbocycles. The smallest absolute Gasteiger partial charge is 0.274 e. The normalized spacial score (nSPS) is 22.2. The van der Waals surface area contributed by atoms with Gasteiger partial charge >= 0.3 is 0 Å². The van der Waals surface area contributed by atoms with Crippen molar-refractivity contribution in [3.63, 3.8) is 0 Å². The molecule has 3 heterocycles. The molecule has 1 fully saturated rings. The molecule has 0 saturated carbocycles. The Balaban J connectivity index is 1.61. The molecule has 1 amide bonds. The Morgan fingerprint density at radius 2 is 2.03 bits per heavy atom. The van der Waals surface area contributed by atoms with E-state index in [4.69, 9.17) is 0 Å². The van der Waals surface area contributed by atoms with Crippen LogP contribution in [0.15, 0.2) is 61.1 Å². The first-order valence-corrected chi connectivity index (χ1v) is 10.4. The van der Waals surface area contributed by atoms with E-state index >= 15 is 0 Å². The van der Waals surface area contributed by atoms with Gasteiger partial charge in [-0.3, -0.25) is 9.78 Å². The molecule has 6 nitrogen and oxygen atoms in total. The number of amides is 1. The molecule has 0 spiro atoms. The van der Waals surface area contributed by atoms with Gasteiger partial charge in [-0.2, -0.15) is 0 Å². The maximum atomic E-state index is 13.8. The quantitative estimate of drug-likeness (QED) is 0.707. The molecule has 7 heteroatoms. The number of anilines is 1. The fraction of sp³-hybridized carbons (Fsp3) is 0.292. The number of carbonyl (C=O) groups is 1. The van der Waals surface area contributed by atoms with E-state index in [0.29, 0.717) is 12.2 Å². The number of hydrogen-bond donors (Lipinski definition) is 1. The van der Waals surface area contributed by atoms with Gasteiger partial charge in [0.1, 0.15) is 11.5 Å². The largest absolute Gasteiger partial charge is 0.394 e. The summed E-state index contributed by atoms with van der Waals surface area (Å²) in [5.41, 5.74) is 3.97. The van der Waals surface area contributed by atoms with Crippen molar-refractivity contribution in [3.8, 4) is 11.1 Å². The highest BCUT2D eigenvalue weighted by molar-refractivity contribution is 5.93. The lowest BCUT2D eigenvalue weighted by molar-refractivity contribution is 0.0687. The van der Waals surface area contributed by atoms with Crippen LogP contribution in [0.25, 0.3) is 11.1 Å². The first-order valence-electron chi connectivity index (χ1n) is 10.4. The zero-order valence-corrected chi connectivity index (χ0v) is 17.1. The van der Waals surface area contributed by atoms with Crippen LogP contribution in [0.4, 0.5) is 10.1 Å². The molecule has 1 aromatic heterocycles. The zero-order chi connectivity index (χ0) is 21.5. The molecule has 0 radical (unpaired) electrons. The van der Waals surface area contributed by atoms with Crippen LogP contribution in [-0.2, 0) is 0 Å². The molecule has 1 saturated heterocycles. The van der Waals surface area contributed by atoms with Gasteiger partial charge in [-0.25, -0.2) is 9.37 Å². The number of hydrogen-bond acceptors (Lipinski definition) is 5. The van der Waals surface area contributed by atoms with Crippen molar-refractivity contribution in [2.75, 3.05) is 25.1 Å². The van der Waals surface area contributed by atoms with E-state index in [2.05, 4.69) is 14.9 Å². The molecule has 5 rings (SSSR count). The molecule has 31 heavy (non-hydrogen) atoms. The minimum Gasteiger partial charge on any atom is -0.394 e. The highest BCUT2D eigenvalue weighted by Gasteiger charge is 2.48. The molecule has 0 unspecified atom stereocenters. The van der Waals surface area contributed by atoms with Crippen LogP contribution in [0, 0.1) is 11.7 Å². The van der Waals surface area contributed by atoms with Gasteiger partial charge in [-0.1, -0.05) is 18.2 Å². The van der Waals surface area contributed by atoms with Crippen LogP contribution in [0.3, 0.4) is 0 Å². The van der Waals surface area contributed by atoms with Crippen LogP contribution in [0.1, 0.15) is 28.5 Å². The van der Waals surface area contributed by atoms with Gasteiger partial charge in [-0.05, 0) is 47.4 Å². The number of fused-ring (bicyclic) bond motifs is 3. The number of likely N-dealkylation sites (tertiary alicyclic amines) is 1. The summed E-state index contributed by atoms with van der Waals surface area (Å²) in [6, 6.07) is 12.2. The van der Waals surface area contributed by atoms with Gasteiger partial charge in [0.05, 0.1) is 24.9 Å². The average Bonchev–Trinajstić information content (AvgIpc) is 3.24. The second-order valence-corrected chi connectivity index (χ2v) is 8.13. The van der Waals surface area contributed by atoms with Crippen molar-refractivity contribution < 1.29 is 14.3 Å². The molecule has 3 atom stereocenters. The van der Waals surface area contributed by atoms with Crippen molar-refractivity contribution in [1.82, 2.24) is 14.9 Å². The fourth-order valence-corrected chi connectivity index (χ4v) is 5.09. The maximum Gasteiger partial charge on any atom is 0.274 e. The van der Waals surface area contributed by atoms with Gasteiger partial charge < -0.3 is 14.9 Å². The number of aliphatic hydroxyl groups excluding tert-OH is 1. The minimum atomic E-state index is -0.286. The Morgan fingerprint density at radius 3 is 2.77 bits per heavy atom. The number of likely N-dealkylation sites (N-methyl/N-ethyl adjacent to an activating group) is 1. The first-order chi connectivity index (χ1) is 15.1. The van der Waals surface area contributed by atoms with E-state index < -0.39 is 0 Å². The highest BCUT2D eigenvalue weighted by atomic mass is 19.1. The van der Waals surface area contributed by atoms with Crippen molar-refractivity contribution in [2.24, 2.45) is 5.92 Å². The molecular weight excluding hydrogens is 395 g/mol. The third kappa shape index (κ3) is 3.25. The summed E-state index contributed by atoms with van der Waals surface area (Å²) >= 11 is 0. The van der Waals surface area contributed by atoms with Gasteiger partial charge in [0, 0.05) is 37.6 Å². The van der Waals surface area contributed by atoms with E-state index in [1.165, 1.54) is 24.5 Å². The fourth-order valence-electron chi connectivity index (χ4n) is 5.09. The Hall–Kier alpha value is -3.32. The van der Waals surface area contributed by atoms with E-state index in [0.717, 1.165) is 28.8 Å². The van der Waals surface area contributed by atoms with E-state index in [1.807, 2.05) is 36.2 Å². The Bertz CT molecular complexity index is 1120. The summed E-state index contributed by atoms with van der Waals surface area (Å²) in [5.74, 6) is -0.360. The molecular formula is C24H23FN4O2. The van der Waals surface area contributed by atoms with Crippen molar-refractivity contribution >= 4 is 11.6 Å². The van der Waals surface area contributed by atoms with Crippen LogP contribution < -0.4 is 4.90 Å².